The van der Waals surface area contributed by atoms with Crippen LogP contribution < -0.4 is 10.5 Å². The van der Waals surface area contributed by atoms with Crippen LogP contribution in [0.15, 0.2) is 78.9 Å². The molecule has 6 nitrogen and oxygen atoms in total. The van der Waals surface area contributed by atoms with Crippen LogP contribution >= 0.6 is 0 Å². The molecule has 2 amide bonds. The number of carbonyl (C=O) groups is 2. The van der Waals surface area contributed by atoms with Crippen LogP contribution in [0.2, 0.25) is 0 Å². The summed E-state index contributed by atoms with van der Waals surface area (Å²) in [6, 6.07) is 19.5. The van der Waals surface area contributed by atoms with Crippen molar-refractivity contribution < 1.29 is 23.1 Å². The van der Waals surface area contributed by atoms with E-state index in [-0.39, 0.29) is 30.2 Å². The molecule has 0 unspecified atom stereocenters. The number of hydrogen-bond donors (Lipinski definition) is 1. The molecule has 0 radical (unpaired) electrons. The Hall–Kier alpha value is -4.04. The van der Waals surface area contributed by atoms with Gasteiger partial charge in [0.25, 0.3) is 5.91 Å². The lowest BCUT2D eigenvalue weighted by Crippen LogP contribution is -2.49. The zero-order chi connectivity index (χ0) is 25.5. The van der Waals surface area contributed by atoms with E-state index in [1.807, 2.05) is 0 Å². The summed E-state index contributed by atoms with van der Waals surface area (Å²) in [5, 5.41) is 0. The summed E-state index contributed by atoms with van der Waals surface area (Å²) >= 11 is 0. The van der Waals surface area contributed by atoms with E-state index in [9.17, 15) is 18.4 Å². The maximum absolute atomic E-state index is 13.5. The first-order chi connectivity index (χ1) is 17.4. The minimum atomic E-state index is -0.550. The van der Waals surface area contributed by atoms with Gasteiger partial charge in [0.2, 0.25) is 5.91 Å². The molecule has 186 valence electrons. The van der Waals surface area contributed by atoms with E-state index in [4.69, 9.17) is 10.5 Å². The van der Waals surface area contributed by atoms with Crippen molar-refractivity contribution in [3.05, 3.63) is 107 Å². The Kier molecular flexibility index (Phi) is 8.07. The largest absolute Gasteiger partial charge is 0.484 e. The van der Waals surface area contributed by atoms with Gasteiger partial charge in [0.1, 0.15) is 17.4 Å². The fourth-order valence-electron chi connectivity index (χ4n) is 4.21. The lowest BCUT2D eigenvalue weighted by atomic mass is 9.96. The molecule has 4 rings (SSSR count). The number of hydrogen-bond acceptors (Lipinski definition) is 4. The number of carbonyl (C=O) groups excluding carboxylic acids is 2. The van der Waals surface area contributed by atoms with Crippen molar-refractivity contribution in [2.75, 3.05) is 32.8 Å². The van der Waals surface area contributed by atoms with Gasteiger partial charge in [0.05, 0.1) is 6.04 Å². The fraction of sp³-hybridized carbons (Fsp3) is 0.214. The topological polar surface area (TPSA) is 75.9 Å². The molecule has 0 spiro atoms. The van der Waals surface area contributed by atoms with Crippen LogP contribution in [-0.4, -0.2) is 54.4 Å². The second-order valence-electron chi connectivity index (χ2n) is 8.52. The summed E-state index contributed by atoms with van der Waals surface area (Å²) in [6.07, 6.45) is 3.26. The number of nitrogens with zero attached hydrogens (tertiary/aromatic N) is 2. The van der Waals surface area contributed by atoms with E-state index in [2.05, 4.69) is 4.90 Å². The van der Waals surface area contributed by atoms with Gasteiger partial charge in [-0.15, -0.1) is 0 Å². The number of halogens is 2. The highest BCUT2D eigenvalue weighted by Gasteiger charge is 2.27. The number of rotatable bonds is 8. The van der Waals surface area contributed by atoms with Crippen LogP contribution in [0.4, 0.5) is 8.78 Å². The van der Waals surface area contributed by atoms with Gasteiger partial charge in [-0.1, -0.05) is 36.4 Å². The van der Waals surface area contributed by atoms with E-state index in [0.717, 1.165) is 16.7 Å². The van der Waals surface area contributed by atoms with Crippen molar-refractivity contribution in [1.29, 1.82) is 0 Å². The average molecular weight is 492 g/mol. The molecule has 1 heterocycles. The van der Waals surface area contributed by atoms with E-state index in [1.165, 1.54) is 30.3 Å². The first-order valence-electron chi connectivity index (χ1n) is 11.6. The summed E-state index contributed by atoms with van der Waals surface area (Å²) in [6.45, 7) is 2.10. The van der Waals surface area contributed by atoms with E-state index >= 15 is 0 Å². The molecule has 2 N–H and O–H groups in total. The highest BCUT2D eigenvalue weighted by atomic mass is 19.1. The molecule has 1 aliphatic rings. The molecule has 3 aromatic carbocycles. The highest BCUT2D eigenvalue weighted by Crippen LogP contribution is 2.30. The minimum absolute atomic E-state index is 0.0937. The Bertz CT molecular complexity index is 1160. The number of ether oxygens (including phenoxy) is 1. The smallest absolute Gasteiger partial charge is 0.255 e. The summed E-state index contributed by atoms with van der Waals surface area (Å²) in [5.41, 5.74) is 7.71. The van der Waals surface area contributed by atoms with Crippen molar-refractivity contribution in [2.24, 2.45) is 5.73 Å². The van der Waals surface area contributed by atoms with Gasteiger partial charge in [0.15, 0.2) is 6.61 Å². The molecule has 1 aliphatic heterocycles. The lowest BCUT2D eigenvalue weighted by Gasteiger charge is -2.39. The van der Waals surface area contributed by atoms with Crippen LogP contribution in [0.3, 0.4) is 0 Å². The maximum atomic E-state index is 13.5. The fourth-order valence-corrected chi connectivity index (χ4v) is 4.21. The predicted molar refractivity (Wildman–Crippen MR) is 133 cm³/mol. The van der Waals surface area contributed by atoms with Gasteiger partial charge in [0, 0.05) is 32.3 Å². The molecular weight excluding hydrogens is 464 g/mol. The Morgan fingerprint density at radius 1 is 0.833 bits per heavy atom. The third-order valence-corrected chi connectivity index (χ3v) is 6.04. The van der Waals surface area contributed by atoms with Crippen molar-refractivity contribution >= 4 is 17.9 Å². The highest BCUT2D eigenvalue weighted by molar-refractivity contribution is 5.91. The minimum Gasteiger partial charge on any atom is -0.484 e. The SMILES string of the molecule is NC(=O)COc1ccc(C=CC(=O)N2CCN(C(c3ccc(F)cc3)c3ccc(F)cc3)CC2)cc1. The zero-order valence-electron chi connectivity index (χ0n) is 19.6. The molecule has 0 aromatic heterocycles. The zero-order valence-corrected chi connectivity index (χ0v) is 19.6. The second-order valence-corrected chi connectivity index (χ2v) is 8.52. The molecule has 0 saturated carbocycles. The second kappa shape index (κ2) is 11.6. The molecule has 1 saturated heterocycles. The lowest BCUT2D eigenvalue weighted by molar-refractivity contribution is -0.127. The Balaban J connectivity index is 1.38. The number of amides is 2. The summed E-state index contributed by atoms with van der Waals surface area (Å²) < 4.78 is 32.3. The first kappa shape index (κ1) is 25.1. The van der Waals surface area contributed by atoms with Gasteiger partial charge in [-0.3, -0.25) is 14.5 Å². The molecule has 0 atom stereocenters. The van der Waals surface area contributed by atoms with Gasteiger partial charge in [-0.25, -0.2) is 8.78 Å². The third-order valence-electron chi connectivity index (χ3n) is 6.04. The van der Waals surface area contributed by atoms with Crippen LogP contribution in [0.25, 0.3) is 6.08 Å². The molecule has 3 aromatic rings. The van der Waals surface area contributed by atoms with Crippen molar-refractivity contribution in [3.63, 3.8) is 0 Å². The summed E-state index contributed by atoms with van der Waals surface area (Å²) in [7, 11) is 0. The molecular formula is C28H27F2N3O3. The van der Waals surface area contributed by atoms with Crippen LogP contribution in [-0.2, 0) is 9.59 Å². The number of benzene rings is 3. The number of primary amides is 1. The van der Waals surface area contributed by atoms with Gasteiger partial charge in [-0.05, 0) is 59.2 Å². The number of piperazine rings is 1. The molecule has 0 aliphatic carbocycles. The first-order valence-corrected chi connectivity index (χ1v) is 11.6. The standard InChI is InChI=1S/C28H27F2N3O3/c29-23-8-4-21(5-9-23)28(22-6-10-24(30)11-7-22)33-17-15-32(16-18-33)27(35)14-3-20-1-12-25(13-2-20)36-19-26(31)34/h1-14,28H,15-19H2,(H2,31,34). The Morgan fingerprint density at radius 3 is 1.86 bits per heavy atom. The van der Waals surface area contributed by atoms with Crippen LogP contribution in [0.1, 0.15) is 22.7 Å². The van der Waals surface area contributed by atoms with Crippen molar-refractivity contribution in [2.45, 2.75) is 6.04 Å². The number of nitrogens with two attached hydrogens (primary N) is 1. The van der Waals surface area contributed by atoms with Gasteiger partial charge < -0.3 is 15.4 Å². The van der Waals surface area contributed by atoms with E-state index < -0.39 is 5.91 Å². The Labute approximate surface area is 208 Å². The van der Waals surface area contributed by atoms with Crippen LogP contribution in [0.5, 0.6) is 5.75 Å². The quantitative estimate of drug-likeness (QED) is 0.487. The molecule has 1 fully saturated rings. The van der Waals surface area contributed by atoms with Crippen molar-refractivity contribution in [1.82, 2.24) is 9.80 Å². The monoisotopic (exact) mass is 491 g/mol. The Morgan fingerprint density at radius 2 is 1.36 bits per heavy atom. The molecule has 8 heteroatoms. The predicted octanol–water partition coefficient (Wildman–Crippen LogP) is 3.78. The normalized spacial score (nSPS) is 14.4. The maximum Gasteiger partial charge on any atom is 0.255 e. The van der Waals surface area contributed by atoms with Crippen LogP contribution in [0, 0.1) is 11.6 Å². The average Bonchev–Trinajstić information content (AvgIpc) is 2.89. The third kappa shape index (κ3) is 6.55. The van der Waals surface area contributed by atoms with Crippen molar-refractivity contribution in [3.8, 4) is 5.75 Å². The van der Waals surface area contributed by atoms with Gasteiger partial charge >= 0.3 is 0 Å². The van der Waals surface area contributed by atoms with E-state index in [1.54, 1.807) is 59.5 Å². The van der Waals surface area contributed by atoms with E-state index in [0.29, 0.717) is 31.9 Å². The molecule has 36 heavy (non-hydrogen) atoms. The summed E-state index contributed by atoms with van der Waals surface area (Å²) in [5.74, 6) is -0.751. The molecule has 0 bridgehead atoms. The summed E-state index contributed by atoms with van der Waals surface area (Å²) in [4.78, 5) is 27.6. The van der Waals surface area contributed by atoms with Gasteiger partial charge in [-0.2, -0.15) is 0 Å².